The number of methoxy groups -OCH3 is 2. The van der Waals surface area contributed by atoms with Crippen LogP contribution in [-0.4, -0.2) is 20.1 Å². The van der Waals surface area contributed by atoms with Gasteiger partial charge in [0.25, 0.3) is 5.91 Å². The standard InChI is InChI=1S/C14H14BrNO3S/c1-18-10-5-9(6-11(7-10)19-2)14(17)16-8-12-3-4-13(15)20-12/h3-7H,8H2,1-2H3,(H,16,17). The zero-order valence-corrected chi connectivity index (χ0v) is 13.5. The summed E-state index contributed by atoms with van der Waals surface area (Å²) in [6, 6.07) is 9.03. The molecule has 0 spiro atoms. The van der Waals surface area contributed by atoms with Crippen LogP contribution in [-0.2, 0) is 6.54 Å². The first-order valence-corrected chi connectivity index (χ1v) is 7.49. The number of hydrogen-bond acceptors (Lipinski definition) is 4. The van der Waals surface area contributed by atoms with Crippen molar-refractivity contribution >= 4 is 33.2 Å². The minimum Gasteiger partial charge on any atom is -0.497 e. The molecular formula is C14H14BrNO3S. The first kappa shape index (κ1) is 14.9. The highest BCUT2D eigenvalue weighted by Gasteiger charge is 2.10. The molecular weight excluding hydrogens is 342 g/mol. The molecule has 4 nitrogen and oxygen atoms in total. The maximum Gasteiger partial charge on any atom is 0.251 e. The summed E-state index contributed by atoms with van der Waals surface area (Å²) in [5.74, 6) is 1.02. The average molecular weight is 356 g/mol. The van der Waals surface area contributed by atoms with Gasteiger partial charge in [-0.1, -0.05) is 0 Å². The Morgan fingerprint density at radius 3 is 2.35 bits per heavy atom. The third-order valence-electron chi connectivity index (χ3n) is 2.67. The number of nitrogens with one attached hydrogen (secondary N) is 1. The Kier molecular flexibility index (Phi) is 5.03. The Morgan fingerprint density at radius 2 is 1.85 bits per heavy atom. The van der Waals surface area contributed by atoms with Crippen LogP contribution in [0.1, 0.15) is 15.2 Å². The zero-order valence-electron chi connectivity index (χ0n) is 11.1. The van der Waals surface area contributed by atoms with Crippen LogP contribution in [0, 0.1) is 0 Å². The minimum atomic E-state index is -0.160. The van der Waals surface area contributed by atoms with Crippen LogP contribution in [0.5, 0.6) is 11.5 Å². The van der Waals surface area contributed by atoms with E-state index in [1.165, 1.54) is 0 Å². The number of carbonyl (C=O) groups is 1. The normalized spacial score (nSPS) is 10.2. The van der Waals surface area contributed by atoms with Crippen LogP contribution in [0.4, 0.5) is 0 Å². The second kappa shape index (κ2) is 6.76. The maximum absolute atomic E-state index is 12.1. The quantitative estimate of drug-likeness (QED) is 0.893. The molecule has 0 bridgehead atoms. The lowest BCUT2D eigenvalue weighted by Crippen LogP contribution is -2.22. The lowest BCUT2D eigenvalue weighted by atomic mass is 10.2. The van der Waals surface area contributed by atoms with Gasteiger partial charge in [0.05, 0.1) is 24.6 Å². The van der Waals surface area contributed by atoms with E-state index in [2.05, 4.69) is 21.2 Å². The molecule has 0 saturated heterocycles. The highest BCUT2D eigenvalue weighted by molar-refractivity contribution is 9.11. The third kappa shape index (κ3) is 3.74. The molecule has 0 unspecified atom stereocenters. The van der Waals surface area contributed by atoms with Gasteiger partial charge >= 0.3 is 0 Å². The second-order valence-electron chi connectivity index (χ2n) is 3.99. The summed E-state index contributed by atoms with van der Waals surface area (Å²) in [4.78, 5) is 13.2. The second-order valence-corrected chi connectivity index (χ2v) is 6.54. The lowest BCUT2D eigenvalue weighted by Gasteiger charge is -2.08. The van der Waals surface area contributed by atoms with E-state index >= 15 is 0 Å². The zero-order chi connectivity index (χ0) is 14.5. The molecule has 2 rings (SSSR count). The third-order valence-corrected chi connectivity index (χ3v) is 4.29. The van der Waals surface area contributed by atoms with Crippen molar-refractivity contribution in [3.05, 3.63) is 44.6 Å². The molecule has 1 aromatic heterocycles. The summed E-state index contributed by atoms with van der Waals surface area (Å²) in [7, 11) is 3.11. The van der Waals surface area contributed by atoms with Gasteiger partial charge in [-0.2, -0.15) is 0 Å². The Bertz CT molecular complexity index is 590. The molecule has 106 valence electrons. The smallest absolute Gasteiger partial charge is 0.251 e. The van der Waals surface area contributed by atoms with Gasteiger partial charge in [-0.25, -0.2) is 0 Å². The van der Waals surface area contributed by atoms with Crippen molar-refractivity contribution in [2.24, 2.45) is 0 Å². The fraction of sp³-hybridized carbons (Fsp3) is 0.214. The van der Waals surface area contributed by atoms with Crippen molar-refractivity contribution in [2.45, 2.75) is 6.54 Å². The van der Waals surface area contributed by atoms with Crippen molar-refractivity contribution in [3.63, 3.8) is 0 Å². The number of hydrogen-bond donors (Lipinski definition) is 1. The lowest BCUT2D eigenvalue weighted by molar-refractivity contribution is 0.0950. The highest BCUT2D eigenvalue weighted by atomic mass is 79.9. The monoisotopic (exact) mass is 355 g/mol. The van der Waals surface area contributed by atoms with Gasteiger partial charge < -0.3 is 14.8 Å². The Morgan fingerprint density at radius 1 is 1.20 bits per heavy atom. The molecule has 0 atom stereocenters. The summed E-state index contributed by atoms with van der Waals surface area (Å²) in [6.07, 6.45) is 0. The molecule has 1 amide bonds. The van der Waals surface area contributed by atoms with Crippen molar-refractivity contribution in [2.75, 3.05) is 14.2 Å². The summed E-state index contributed by atoms with van der Waals surface area (Å²) < 4.78 is 11.3. The van der Waals surface area contributed by atoms with Gasteiger partial charge in [0, 0.05) is 16.5 Å². The number of thiophene rings is 1. The Balaban J connectivity index is 2.08. The van der Waals surface area contributed by atoms with Crippen LogP contribution in [0.15, 0.2) is 34.1 Å². The molecule has 6 heteroatoms. The van der Waals surface area contributed by atoms with Crippen molar-refractivity contribution in [3.8, 4) is 11.5 Å². The molecule has 1 aromatic carbocycles. The molecule has 0 aliphatic rings. The topological polar surface area (TPSA) is 47.6 Å². The van der Waals surface area contributed by atoms with E-state index in [1.807, 2.05) is 12.1 Å². The van der Waals surface area contributed by atoms with E-state index in [-0.39, 0.29) is 5.91 Å². The van der Waals surface area contributed by atoms with E-state index in [4.69, 9.17) is 9.47 Å². The summed E-state index contributed by atoms with van der Waals surface area (Å²) in [5, 5.41) is 2.87. The maximum atomic E-state index is 12.1. The van der Waals surface area contributed by atoms with Crippen LogP contribution < -0.4 is 14.8 Å². The number of halogens is 1. The summed E-state index contributed by atoms with van der Waals surface area (Å²) in [5.41, 5.74) is 0.511. The number of carbonyl (C=O) groups excluding carboxylic acids is 1. The fourth-order valence-corrected chi connectivity index (χ4v) is 3.08. The first-order chi connectivity index (χ1) is 9.62. The SMILES string of the molecule is COc1cc(OC)cc(C(=O)NCc2ccc(Br)s2)c1. The molecule has 0 aliphatic heterocycles. The molecule has 1 heterocycles. The van der Waals surface area contributed by atoms with Crippen molar-refractivity contribution in [1.29, 1.82) is 0 Å². The molecule has 1 N–H and O–H groups in total. The Labute approximate surface area is 129 Å². The van der Waals surface area contributed by atoms with Gasteiger partial charge in [0.2, 0.25) is 0 Å². The molecule has 0 aliphatic carbocycles. The van der Waals surface area contributed by atoms with Gasteiger partial charge in [-0.3, -0.25) is 4.79 Å². The van der Waals surface area contributed by atoms with E-state index in [0.29, 0.717) is 23.6 Å². The number of rotatable bonds is 5. The molecule has 0 radical (unpaired) electrons. The van der Waals surface area contributed by atoms with Gasteiger partial charge in [0.1, 0.15) is 11.5 Å². The number of amides is 1. The first-order valence-electron chi connectivity index (χ1n) is 5.88. The van der Waals surface area contributed by atoms with Crippen LogP contribution in [0.25, 0.3) is 0 Å². The molecule has 0 fully saturated rings. The summed E-state index contributed by atoms with van der Waals surface area (Å²) >= 11 is 4.99. The molecule has 20 heavy (non-hydrogen) atoms. The fourth-order valence-electron chi connectivity index (χ4n) is 1.65. The van der Waals surface area contributed by atoms with Crippen LogP contribution in [0.3, 0.4) is 0 Å². The van der Waals surface area contributed by atoms with Gasteiger partial charge in [-0.05, 0) is 40.2 Å². The van der Waals surface area contributed by atoms with E-state index < -0.39 is 0 Å². The van der Waals surface area contributed by atoms with Crippen LogP contribution >= 0.6 is 27.3 Å². The number of benzene rings is 1. The Hall–Kier alpha value is -1.53. The minimum absolute atomic E-state index is 0.160. The van der Waals surface area contributed by atoms with Crippen LogP contribution in [0.2, 0.25) is 0 Å². The van der Waals surface area contributed by atoms with Gasteiger partial charge in [0.15, 0.2) is 0 Å². The van der Waals surface area contributed by atoms with Crippen molar-refractivity contribution < 1.29 is 14.3 Å². The van der Waals surface area contributed by atoms with Crippen molar-refractivity contribution in [1.82, 2.24) is 5.32 Å². The van der Waals surface area contributed by atoms with E-state index in [9.17, 15) is 4.79 Å². The largest absolute Gasteiger partial charge is 0.497 e. The molecule has 2 aromatic rings. The predicted molar refractivity (Wildman–Crippen MR) is 82.7 cm³/mol. The summed E-state index contributed by atoms with van der Waals surface area (Å²) in [6.45, 7) is 0.495. The number of ether oxygens (including phenoxy) is 2. The van der Waals surface area contributed by atoms with E-state index in [0.717, 1.165) is 8.66 Å². The van der Waals surface area contributed by atoms with E-state index in [1.54, 1.807) is 43.8 Å². The predicted octanol–water partition coefficient (Wildman–Crippen LogP) is 3.46. The molecule has 0 saturated carbocycles. The van der Waals surface area contributed by atoms with Gasteiger partial charge in [-0.15, -0.1) is 11.3 Å². The highest BCUT2D eigenvalue weighted by Crippen LogP contribution is 2.23. The average Bonchev–Trinajstić information content (AvgIpc) is 2.89.